The van der Waals surface area contributed by atoms with Gasteiger partial charge in [-0.25, -0.2) is 0 Å². The summed E-state index contributed by atoms with van der Waals surface area (Å²) >= 11 is 1.55. The molecule has 0 atom stereocenters. The van der Waals surface area contributed by atoms with Gasteiger partial charge in [-0.1, -0.05) is 5.92 Å². The van der Waals surface area contributed by atoms with Crippen LogP contribution in [0.1, 0.15) is 0 Å². The predicted molar refractivity (Wildman–Crippen MR) is 64.4 cm³/mol. The number of rotatable bonds is 6. The number of anilines is 1. The summed E-state index contributed by atoms with van der Waals surface area (Å²) in [4.78, 5) is 1.13. The Morgan fingerprint density at radius 2 is 2.13 bits per heavy atom. The molecule has 1 aromatic carbocycles. The number of benzene rings is 1. The molecule has 0 aliphatic rings. The van der Waals surface area contributed by atoms with Gasteiger partial charge in [-0.2, -0.15) is 0 Å². The van der Waals surface area contributed by atoms with Crippen molar-refractivity contribution in [2.75, 3.05) is 25.5 Å². The maximum Gasteiger partial charge on any atom is 0.107 e. The zero-order valence-corrected chi connectivity index (χ0v) is 9.22. The SMILES string of the molecule is C#CCOCCNSc1ccc(N)cc1. The van der Waals surface area contributed by atoms with Crippen molar-refractivity contribution in [3.8, 4) is 12.3 Å². The fourth-order valence-corrected chi connectivity index (χ4v) is 1.54. The van der Waals surface area contributed by atoms with E-state index < -0.39 is 0 Å². The van der Waals surface area contributed by atoms with Crippen LogP contribution < -0.4 is 10.5 Å². The summed E-state index contributed by atoms with van der Waals surface area (Å²) in [5.41, 5.74) is 6.34. The molecule has 80 valence electrons. The topological polar surface area (TPSA) is 47.3 Å². The van der Waals surface area contributed by atoms with Crippen molar-refractivity contribution >= 4 is 17.6 Å². The summed E-state index contributed by atoms with van der Waals surface area (Å²) in [5, 5.41) is 0. The lowest BCUT2D eigenvalue weighted by molar-refractivity contribution is 0.173. The lowest BCUT2D eigenvalue weighted by Crippen LogP contribution is -2.12. The maximum atomic E-state index is 5.57. The summed E-state index contributed by atoms with van der Waals surface area (Å²) in [6.45, 7) is 1.75. The van der Waals surface area contributed by atoms with Crippen LogP contribution in [0, 0.1) is 12.3 Å². The highest BCUT2D eigenvalue weighted by atomic mass is 32.2. The Labute approximate surface area is 94.5 Å². The number of hydrogen-bond acceptors (Lipinski definition) is 4. The van der Waals surface area contributed by atoms with Crippen LogP contribution >= 0.6 is 11.9 Å². The molecule has 3 nitrogen and oxygen atoms in total. The predicted octanol–water partition coefficient (Wildman–Crippen LogP) is 1.52. The van der Waals surface area contributed by atoms with Crippen LogP contribution in [0.3, 0.4) is 0 Å². The van der Waals surface area contributed by atoms with Crippen molar-refractivity contribution in [3.05, 3.63) is 24.3 Å². The minimum atomic E-state index is 0.369. The molecule has 3 N–H and O–H groups in total. The van der Waals surface area contributed by atoms with Crippen molar-refractivity contribution < 1.29 is 4.74 Å². The first kappa shape index (κ1) is 11.9. The van der Waals surface area contributed by atoms with E-state index in [1.54, 1.807) is 11.9 Å². The fourth-order valence-electron chi connectivity index (χ4n) is 0.915. The van der Waals surface area contributed by atoms with Crippen LogP contribution in [-0.2, 0) is 4.74 Å². The smallest absolute Gasteiger partial charge is 0.107 e. The van der Waals surface area contributed by atoms with Crippen LogP contribution in [0.15, 0.2) is 29.2 Å². The van der Waals surface area contributed by atoms with E-state index in [1.165, 1.54) is 0 Å². The molecule has 0 fully saturated rings. The lowest BCUT2D eigenvalue weighted by Gasteiger charge is -2.03. The average molecular weight is 222 g/mol. The summed E-state index contributed by atoms with van der Waals surface area (Å²) in [7, 11) is 0. The second kappa shape index (κ2) is 7.18. The van der Waals surface area contributed by atoms with E-state index in [9.17, 15) is 0 Å². The molecular weight excluding hydrogens is 208 g/mol. The zero-order chi connectivity index (χ0) is 10.9. The van der Waals surface area contributed by atoms with Crippen LogP contribution in [-0.4, -0.2) is 19.8 Å². The Morgan fingerprint density at radius 1 is 1.40 bits per heavy atom. The molecule has 0 bridgehead atoms. The molecule has 0 saturated carbocycles. The van der Waals surface area contributed by atoms with Gasteiger partial charge in [0.15, 0.2) is 0 Å². The molecule has 0 aromatic heterocycles. The minimum absolute atomic E-state index is 0.369. The van der Waals surface area contributed by atoms with E-state index in [4.69, 9.17) is 16.9 Å². The number of terminal acetylenes is 1. The first-order valence-corrected chi connectivity index (χ1v) is 5.41. The number of nitrogen functional groups attached to an aromatic ring is 1. The molecule has 15 heavy (non-hydrogen) atoms. The number of ether oxygens (including phenoxy) is 1. The van der Waals surface area contributed by atoms with E-state index in [1.807, 2.05) is 24.3 Å². The Morgan fingerprint density at radius 3 is 2.80 bits per heavy atom. The molecule has 0 amide bonds. The molecule has 0 aliphatic heterocycles. The molecule has 0 heterocycles. The fraction of sp³-hybridized carbons (Fsp3) is 0.273. The molecule has 0 radical (unpaired) electrons. The van der Waals surface area contributed by atoms with Gasteiger partial charge in [0, 0.05) is 17.1 Å². The molecule has 1 rings (SSSR count). The largest absolute Gasteiger partial charge is 0.399 e. The summed E-state index contributed by atoms with van der Waals surface area (Å²) in [5.74, 6) is 2.41. The Hall–Kier alpha value is -1.15. The molecule has 0 aliphatic carbocycles. The molecular formula is C11H14N2OS. The maximum absolute atomic E-state index is 5.57. The molecule has 0 spiro atoms. The van der Waals surface area contributed by atoms with Crippen molar-refractivity contribution in [3.63, 3.8) is 0 Å². The van der Waals surface area contributed by atoms with Gasteiger partial charge in [0.2, 0.25) is 0 Å². The van der Waals surface area contributed by atoms with E-state index >= 15 is 0 Å². The summed E-state index contributed by atoms with van der Waals surface area (Å²) < 4.78 is 8.27. The Kier molecular flexibility index (Phi) is 5.71. The van der Waals surface area contributed by atoms with E-state index in [-0.39, 0.29) is 0 Å². The van der Waals surface area contributed by atoms with Gasteiger partial charge in [-0.05, 0) is 36.2 Å². The molecule has 0 unspecified atom stereocenters. The van der Waals surface area contributed by atoms with Gasteiger partial charge < -0.3 is 10.5 Å². The Balaban J connectivity index is 2.10. The van der Waals surface area contributed by atoms with Crippen molar-refractivity contribution in [1.29, 1.82) is 0 Å². The summed E-state index contributed by atoms with van der Waals surface area (Å²) in [6, 6.07) is 7.68. The quantitative estimate of drug-likeness (QED) is 0.331. The third-order valence-corrected chi connectivity index (χ3v) is 2.46. The number of hydrogen-bond donors (Lipinski definition) is 2. The minimum Gasteiger partial charge on any atom is -0.399 e. The van der Waals surface area contributed by atoms with Gasteiger partial charge in [0.05, 0.1) is 6.61 Å². The second-order valence-corrected chi connectivity index (χ2v) is 3.79. The average Bonchev–Trinajstić information content (AvgIpc) is 2.26. The third-order valence-electron chi connectivity index (χ3n) is 1.60. The highest BCUT2D eigenvalue weighted by molar-refractivity contribution is 7.97. The molecule has 0 saturated heterocycles. The highest BCUT2D eigenvalue weighted by Crippen LogP contribution is 2.15. The van der Waals surface area contributed by atoms with Crippen molar-refractivity contribution in [2.24, 2.45) is 0 Å². The molecule has 4 heteroatoms. The van der Waals surface area contributed by atoms with Crippen LogP contribution in [0.2, 0.25) is 0 Å². The van der Waals surface area contributed by atoms with Crippen LogP contribution in [0.25, 0.3) is 0 Å². The van der Waals surface area contributed by atoms with Crippen LogP contribution in [0.4, 0.5) is 5.69 Å². The van der Waals surface area contributed by atoms with Gasteiger partial charge >= 0.3 is 0 Å². The second-order valence-electron chi connectivity index (χ2n) is 2.82. The number of nitrogens with two attached hydrogens (primary N) is 1. The van der Waals surface area contributed by atoms with Gasteiger partial charge in [-0.3, -0.25) is 4.72 Å². The van der Waals surface area contributed by atoms with E-state index in [0.29, 0.717) is 13.2 Å². The zero-order valence-electron chi connectivity index (χ0n) is 8.40. The first-order chi connectivity index (χ1) is 7.33. The van der Waals surface area contributed by atoms with Gasteiger partial charge in [0.25, 0.3) is 0 Å². The molecule has 1 aromatic rings. The van der Waals surface area contributed by atoms with Crippen molar-refractivity contribution in [1.82, 2.24) is 4.72 Å². The van der Waals surface area contributed by atoms with E-state index in [2.05, 4.69) is 10.6 Å². The van der Waals surface area contributed by atoms with Gasteiger partial charge in [-0.15, -0.1) is 6.42 Å². The Bertz CT molecular complexity index is 318. The van der Waals surface area contributed by atoms with E-state index in [0.717, 1.165) is 17.1 Å². The standard InChI is InChI=1S/C11H14N2OS/c1-2-8-14-9-7-13-15-11-5-3-10(12)4-6-11/h1,3-6,13H,7-9,12H2. The monoisotopic (exact) mass is 222 g/mol. The highest BCUT2D eigenvalue weighted by Gasteiger charge is 1.92. The van der Waals surface area contributed by atoms with Crippen molar-refractivity contribution in [2.45, 2.75) is 4.90 Å². The first-order valence-electron chi connectivity index (χ1n) is 4.59. The van der Waals surface area contributed by atoms with Gasteiger partial charge in [0.1, 0.15) is 6.61 Å². The van der Waals surface area contributed by atoms with Crippen LogP contribution in [0.5, 0.6) is 0 Å². The normalized spacial score (nSPS) is 9.80. The third kappa shape index (κ3) is 5.33. The summed E-state index contributed by atoms with van der Waals surface area (Å²) in [6.07, 6.45) is 5.04. The lowest BCUT2D eigenvalue weighted by atomic mass is 10.3. The number of nitrogens with one attached hydrogen (secondary N) is 1.